The van der Waals surface area contributed by atoms with Crippen molar-refractivity contribution in [1.82, 2.24) is 0 Å². The van der Waals surface area contributed by atoms with E-state index in [2.05, 4.69) is 10.6 Å². The fourth-order valence-corrected chi connectivity index (χ4v) is 2.49. The molecule has 0 aliphatic carbocycles. The van der Waals surface area contributed by atoms with Crippen molar-refractivity contribution in [2.24, 2.45) is 0 Å². The molecule has 0 unspecified atom stereocenters. The summed E-state index contributed by atoms with van der Waals surface area (Å²) in [6.07, 6.45) is 0. The van der Waals surface area contributed by atoms with E-state index in [-0.39, 0.29) is 11.6 Å². The van der Waals surface area contributed by atoms with E-state index in [4.69, 9.17) is 11.6 Å². The zero-order valence-electron chi connectivity index (χ0n) is 13.5. The van der Waals surface area contributed by atoms with Crippen LogP contribution in [0.2, 0.25) is 5.02 Å². The molecule has 3 aromatic carbocycles. The van der Waals surface area contributed by atoms with Gasteiger partial charge in [0.1, 0.15) is 5.82 Å². The first-order chi connectivity index (χ1) is 12.5. The first kappa shape index (κ1) is 17.6. The van der Waals surface area contributed by atoms with Gasteiger partial charge in [-0.25, -0.2) is 4.39 Å². The molecule has 0 saturated carbocycles. The van der Waals surface area contributed by atoms with E-state index in [9.17, 15) is 14.0 Å². The first-order valence-electron chi connectivity index (χ1n) is 7.76. The van der Waals surface area contributed by atoms with Crippen LogP contribution in [0.25, 0.3) is 0 Å². The quantitative estimate of drug-likeness (QED) is 0.682. The molecular weight excluding hydrogens is 355 g/mol. The lowest BCUT2D eigenvalue weighted by atomic mass is 10.1. The van der Waals surface area contributed by atoms with Crippen molar-refractivity contribution < 1.29 is 14.0 Å². The lowest BCUT2D eigenvalue weighted by molar-refractivity contribution is 0.101. The van der Waals surface area contributed by atoms with Gasteiger partial charge >= 0.3 is 0 Å². The Morgan fingerprint density at radius 3 is 2.00 bits per heavy atom. The van der Waals surface area contributed by atoms with Gasteiger partial charge in [-0.2, -0.15) is 0 Å². The van der Waals surface area contributed by atoms with Crippen LogP contribution in [0.4, 0.5) is 15.8 Å². The second kappa shape index (κ2) is 7.80. The van der Waals surface area contributed by atoms with Gasteiger partial charge in [0.25, 0.3) is 11.8 Å². The third-order valence-corrected chi connectivity index (χ3v) is 3.85. The molecule has 26 heavy (non-hydrogen) atoms. The summed E-state index contributed by atoms with van der Waals surface area (Å²) in [5, 5.41) is 5.73. The van der Waals surface area contributed by atoms with E-state index in [1.54, 1.807) is 30.3 Å². The molecular formula is C20H14ClFN2O2. The van der Waals surface area contributed by atoms with Gasteiger partial charge in [0.05, 0.1) is 5.69 Å². The number of anilines is 2. The third-order valence-electron chi connectivity index (χ3n) is 3.61. The zero-order chi connectivity index (χ0) is 18.5. The van der Waals surface area contributed by atoms with E-state index < -0.39 is 11.7 Å². The number of nitrogens with one attached hydrogen (secondary N) is 2. The van der Waals surface area contributed by atoms with Crippen molar-refractivity contribution in [2.45, 2.75) is 0 Å². The van der Waals surface area contributed by atoms with Crippen molar-refractivity contribution >= 4 is 34.8 Å². The Morgan fingerprint density at radius 1 is 0.769 bits per heavy atom. The maximum Gasteiger partial charge on any atom is 0.255 e. The Kier molecular flexibility index (Phi) is 5.29. The van der Waals surface area contributed by atoms with Crippen molar-refractivity contribution in [3.63, 3.8) is 0 Å². The number of hydrogen-bond acceptors (Lipinski definition) is 2. The molecule has 3 aromatic rings. The maximum atomic E-state index is 13.6. The molecule has 2 N–H and O–H groups in total. The minimum Gasteiger partial charge on any atom is -0.322 e. The molecule has 130 valence electrons. The molecule has 0 heterocycles. The Bertz CT molecular complexity index is 958. The number of hydrogen-bond donors (Lipinski definition) is 2. The summed E-state index contributed by atoms with van der Waals surface area (Å²) in [4.78, 5) is 24.4. The molecule has 0 fully saturated rings. The van der Waals surface area contributed by atoms with Crippen molar-refractivity contribution in [1.29, 1.82) is 0 Å². The van der Waals surface area contributed by atoms with E-state index >= 15 is 0 Å². The van der Waals surface area contributed by atoms with Gasteiger partial charge in [0.2, 0.25) is 0 Å². The highest BCUT2D eigenvalue weighted by molar-refractivity contribution is 6.31. The highest BCUT2D eigenvalue weighted by Crippen LogP contribution is 2.17. The monoisotopic (exact) mass is 368 g/mol. The summed E-state index contributed by atoms with van der Waals surface area (Å²) in [6, 6.07) is 18.8. The summed E-state index contributed by atoms with van der Waals surface area (Å²) in [6.45, 7) is 0. The number of benzene rings is 3. The van der Waals surface area contributed by atoms with E-state index in [1.807, 2.05) is 0 Å². The SMILES string of the molecule is O=C(Nc1cccc(Cl)c1)c1ccc(C(=O)Nc2ccccc2F)cc1. The third kappa shape index (κ3) is 4.26. The first-order valence-corrected chi connectivity index (χ1v) is 8.13. The molecule has 0 spiro atoms. The molecule has 0 aromatic heterocycles. The lowest BCUT2D eigenvalue weighted by Gasteiger charge is -2.08. The molecule has 0 atom stereocenters. The fraction of sp³-hybridized carbons (Fsp3) is 0. The van der Waals surface area contributed by atoms with Crippen LogP contribution in [0.5, 0.6) is 0 Å². The molecule has 0 saturated heterocycles. The van der Waals surface area contributed by atoms with E-state index in [1.165, 1.54) is 42.5 Å². The van der Waals surface area contributed by atoms with Gasteiger partial charge in [0.15, 0.2) is 0 Å². The maximum absolute atomic E-state index is 13.6. The predicted octanol–water partition coefficient (Wildman–Crippen LogP) is 4.98. The number of halogens is 2. The summed E-state index contributed by atoms with van der Waals surface area (Å²) in [7, 11) is 0. The van der Waals surface area contributed by atoms with Gasteiger partial charge < -0.3 is 10.6 Å². The van der Waals surface area contributed by atoms with Gasteiger partial charge in [-0.15, -0.1) is 0 Å². The topological polar surface area (TPSA) is 58.2 Å². The van der Waals surface area contributed by atoms with Crippen LogP contribution >= 0.6 is 11.6 Å². The normalized spacial score (nSPS) is 10.2. The molecule has 6 heteroatoms. The second-order valence-electron chi connectivity index (χ2n) is 5.48. The summed E-state index contributed by atoms with van der Waals surface area (Å²) in [5.41, 5.74) is 1.36. The molecule has 4 nitrogen and oxygen atoms in total. The van der Waals surface area contributed by atoms with Gasteiger partial charge in [0, 0.05) is 21.8 Å². The number of carbonyl (C=O) groups excluding carboxylic acids is 2. The highest BCUT2D eigenvalue weighted by atomic mass is 35.5. The van der Waals surface area contributed by atoms with Crippen LogP contribution in [-0.2, 0) is 0 Å². The lowest BCUT2D eigenvalue weighted by Crippen LogP contribution is -2.15. The van der Waals surface area contributed by atoms with Crippen molar-refractivity contribution in [3.8, 4) is 0 Å². The molecule has 0 radical (unpaired) electrons. The molecule has 3 rings (SSSR count). The Labute approximate surface area is 154 Å². The average Bonchev–Trinajstić information content (AvgIpc) is 2.64. The Hall–Kier alpha value is -3.18. The van der Waals surface area contributed by atoms with Crippen LogP contribution in [-0.4, -0.2) is 11.8 Å². The summed E-state index contributed by atoms with van der Waals surface area (Å²) in [5.74, 6) is -1.30. The molecule has 0 bridgehead atoms. The summed E-state index contributed by atoms with van der Waals surface area (Å²) < 4.78 is 13.6. The summed E-state index contributed by atoms with van der Waals surface area (Å²) >= 11 is 5.89. The van der Waals surface area contributed by atoms with Crippen molar-refractivity contribution in [2.75, 3.05) is 10.6 Å². The predicted molar refractivity (Wildman–Crippen MR) is 100 cm³/mol. The van der Waals surface area contributed by atoms with Crippen LogP contribution < -0.4 is 10.6 Å². The smallest absolute Gasteiger partial charge is 0.255 e. The minimum atomic E-state index is -0.515. The minimum absolute atomic E-state index is 0.0975. The Morgan fingerprint density at radius 2 is 1.38 bits per heavy atom. The number of para-hydroxylation sites is 1. The largest absolute Gasteiger partial charge is 0.322 e. The number of rotatable bonds is 4. The van der Waals surface area contributed by atoms with E-state index in [0.29, 0.717) is 21.8 Å². The van der Waals surface area contributed by atoms with Gasteiger partial charge in [-0.1, -0.05) is 29.8 Å². The molecule has 0 aliphatic rings. The molecule has 0 aliphatic heterocycles. The second-order valence-corrected chi connectivity index (χ2v) is 5.91. The van der Waals surface area contributed by atoms with Crippen LogP contribution in [0, 0.1) is 5.82 Å². The number of amides is 2. The standard InChI is InChI=1S/C20H14ClFN2O2/c21-15-4-3-5-16(12-15)23-19(25)13-8-10-14(11-9-13)20(26)24-18-7-2-1-6-17(18)22/h1-12H,(H,23,25)(H,24,26). The highest BCUT2D eigenvalue weighted by Gasteiger charge is 2.11. The number of carbonyl (C=O) groups is 2. The van der Waals surface area contributed by atoms with Crippen molar-refractivity contribution in [3.05, 3.63) is 94.8 Å². The van der Waals surface area contributed by atoms with Gasteiger partial charge in [-0.3, -0.25) is 9.59 Å². The van der Waals surface area contributed by atoms with Crippen LogP contribution in [0.1, 0.15) is 20.7 Å². The molecule has 2 amide bonds. The van der Waals surface area contributed by atoms with E-state index in [0.717, 1.165) is 0 Å². The average molecular weight is 369 g/mol. The van der Waals surface area contributed by atoms with Crippen LogP contribution in [0.3, 0.4) is 0 Å². The van der Waals surface area contributed by atoms with Gasteiger partial charge in [-0.05, 0) is 54.6 Å². The fourth-order valence-electron chi connectivity index (χ4n) is 2.30. The Balaban J connectivity index is 1.68. The van der Waals surface area contributed by atoms with Crippen LogP contribution in [0.15, 0.2) is 72.8 Å². The zero-order valence-corrected chi connectivity index (χ0v) is 14.3.